The second kappa shape index (κ2) is 4.02. The van der Waals surface area contributed by atoms with Gasteiger partial charge in [0.15, 0.2) is 5.43 Å². The van der Waals surface area contributed by atoms with Crippen molar-refractivity contribution in [1.82, 2.24) is 4.57 Å². The molecule has 1 heterocycles. The van der Waals surface area contributed by atoms with Crippen molar-refractivity contribution in [2.24, 2.45) is 0 Å². The zero-order valence-electron chi connectivity index (χ0n) is 8.33. The van der Waals surface area contributed by atoms with E-state index >= 15 is 0 Å². The van der Waals surface area contributed by atoms with Gasteiger partial charge in [0.25, 0.3) is 0 Å². The molecule has 1 aromatic heterocycles. The quantitative estimate of drug-likeness (QED) is 0.826. The number of nitrogens with zero attached hydrogens (tertiary/aromatic N) is 1. The summed E-state index contributed by atoms with van der Waals surface area (Å²) in [6.45, 7) is 0. The summed E-state index contributed by atoms with van der Waals surface area (Å²) in [6, 6.07) is 10.5. The lowest BCUT2D eigenvalue weighted by molar-refractivity contribution is 0.0695. The molecule has 1 aromatic carbocycles. The second-order valence-electron chi connectivity index (χ2n) is 3.27. The van der Waals surface area contributed by atoms with Gasteiger partial charge >= 0.3 is 5.97 Å². The largest absolute Gasteiger partial charge is 0.477 e. The van der Waals surface area contributed by atoms with Crippen molar-refractivity contribution in [2.75, 3.05) is 0 Å². The number of pyridine rings is 1. The highest BCUT2D eigenvalue weighted by Gasteiger charge is 2.08. The first-order valence-electron chi connectivity index (χ1n) is 4.69. The zero-order valence-corrected chi connectivity index (χ0v) is 8.33. The lowest BCUT2D eigenvalue weighted by Crippen LogP contribution is -2.15. The molecule has 0 spiro atoms. The summed E-state index contributed by atoms with van der Waals surface area (Å²) >= 11 is 0. The van der Waals surface area contributed by atoms with E-state index in [-0.39, 0.29) is 5.56 Å². The number of hydrogen-bond acceptors (Lipinski definition) is 2. The Labute approximate surface area is 91.4 Å². The summed E-state index contributed by atoms with van der Waals surface area (Å²) in [5, 5.41) is 8.82. The van der Waals surface area contributed by atoms with Crippen LogP contribution in [0.2, 0.25) is 0 Å². The minimum absolute atomic E-state index is 0.230. The van der Waals surface area contributed by atoms with E-state index in [0.29, 0.717) is 0 Å². The van der Waals surface area contributed by atoms with Crippen molar-refractivity contribution in [2.45, 2.75) is 0 Å². The highest BCUT2D eigenvalue weighted by Crippen LogP contribution is 2.06. The van der Waals surface area contributed by atoms with Crippen LogP contribution >= 0.6 is 0 Å². The average molecular weight is 215 g/mol. The second-order valence-corrected chi connectivity index (χ2v) is 3.27. The van der Waals surface area contributed by atoms with Gasteiger partial charge < -0.3 is 9.67 Å². The Kier molecular flexibility index (Phi) is 2.55. The molecular formula is C12H9NO3. The molecule has 0 aliphatic heterocycles. The van der Waals surface area contributed by atoms with Crippen LogP contribution in [0.4, 0.5) is 0 Å². The summed E-state index contributed by atoms with van der Waals surface area (Å²) in [7, 11) is 0. The van der Waals surface area contributed by atoms with Gasteiger partial charge in [-0.3, -0.25) is 4.79 Å². The molecule has 0 unspecified atom stereocenters. The van der Waals surface area contributed by atoms with E-state index in [1.807, 2.05) is 30.3 Å². The monoisotopic (exact) mass is 215 g/mol. The van der Waals surface area contributed by atoms with Crippen molar-refractivity contribution >= 4 is 5.97 Å². The van der Waals surface area contributed by atoms with E-state index in [9.17, 15) is 9.59 Å². The molecule has 0 saturated heterocycles. The third-order valence-electron chi connectivity index (χ3n) is 2.20. The highest BCUT2D eigenvalue weighted by molar-refractivity contribution is 5.87. The molecule has 16 heavy (non-hydrogen) atoms. The summed E-state index contributed by atoms with van der Waals surface area (Å²) < 4.78 is 1.60. The maximum atomic E-state index is 11.3. The van der Waals surface area contributed by atoms with Crippen LogP contribution in [0, 0.1) is 0 Å². The lowest BCUT2D eigenvalue weighted by atomic mass is 10.2. The normalized spacial score (nSPS) is 10.0. The minimum Gasteiger partial charge on any atom is -0.477 e. The molecule has 0 amide bonds. The van der Waals surface area contributed by atoms with Gasteiger partial charge in [-0.15, -0.1) is 0 Å². The Bertz CT molecular complexity index is 572. The molecule has 4 nitrogen and oxygen atoms in total. The van der Waals surface area contributed by atoms with Crippen LogP contribution in [0.3, 0.4) is 0 Å². The number of benzene rings is 1. The SMILES string of the molecule is O=C(O)c1cn(-c2ccccc2)ccc1=O. The summed E-state index contributed by atoms with van der Waals surface area (Å²) in [4.78, 5) is 22.0. The number of aromatic nitrogens is 1. The molecule has 0 aliphatic carbocycles. The fourth-order valence-corrected chi connectivity index (χ4v) is 1.40. The van der Waals surface area contributed by atoms with Gasteiger partial charge in [-0.1, -0.05) is 18.2 Å². The number of rotatable bonds is 2. The topological polar surface area (TPSA) is 59.3 Å². The van der Waals surface area contributed by atoms with E-state index < -0.39 is 11.4 Å². The minimum atomic E-state index is -1.21. The van der Waals surface area contributed by atoms with Crippen molar-refractivity contribution in [3.63, 3.8) is 0 Å². The van der Waals surface area contributed by atoms with E-state index in [0.717, 1.165) is 5.69 Å². The molecule has 1 N–H and O–H groups in total. The van der Waals surface area contributed by atoms with Gasteiger partial charge in [0.2, 0.25) is 0 Å². The van der Waals surface area contributed by atoms with Crippen LogP contribution in [-0.2, 0) is 0 Å². The van der Waals surface area contributed by atoms with Gasteiger partial charge in [-0.05, 0) is 12.1 Å². The number of aromatic carboxylic acids is 1. The van der Waals surface area contributed by atoms with Crippen molar-refractivity contribution in [3.05, 3.63) is 64.6 Å². The summed E-state index contributed by atoms with van der Waals surface area (Å²) in [5.74, 6) is -1.21. The lowest BCUT2D eigenvalue weighted by Gasteiger charge is -2.06. The first-order valence-corrected chi connectivity index (χ1v) is 4.69. The van der Waals surface area contributed by atoms with Gasteiger partial charge in [-0.25, -0.2) is 4.79 Å². The third kappa shape index (κ3) is 1.86. The standard InChI is InChI=1S/C12H9NO3/c14-11-6-7-13(8-10(11)12(15)16)9-4-2-1-3-5-9/h1-8H,(H,15,16). The maximum Gasteiger partial charge on any atom is 0.341 e. The third-order valence-corrected chi connectivity index (χ3v) is 2.20. The molecule has 0 radical (unpaired) electrons. The molecule has 2 rings (SSSR count). The Morgan fingerprint density at radius 3 is 2.44 bits per heavy atom. The Morgan fingerprint density at radius 1 is 1.12 bits per heavy atom. The Morgan fingerprint density at radius 2 is 1.81 bits per heavy atom. The number of hydrogen-bond donors (Lipinski definition) is 1. The van der Waals surface area contributed by atoms with Gasteiger partial charge in [-0.2, -0.15) is 0 Å². The molecule has 0 atom stereocenters. The van der Waals surface area contributed by atoms with Gasteiger partial charge in [0, 0.05) is 24.1 Å². The summed E-state index contributed by atoms with van der Waals surface area (Å²) in [6.07, 6.45) is 2.87. The van der Waals surface area contributed by atoms with Crippen molar-refractivity contribution in [3.8, 4) is 5.69 Å². The first-order chi connectivity index (χ1) is 7.68. The molecular weight excluding hydrogens is 206 g/mol. The fourth-order valence-electron chi connectivity index (χ4n) is 1.40. The number of carboxylic acid groups (broad SMARTS) is 1. The maximum absolute atomic E-state index is 11.3. The fraction of sp³-hybridized carbons (Fsp3) is 0. The molecule has 0 bridgehead atoms. The summed E-state index contributed by atoms with van der Waals surface area (Å²) in [5.41, 5.74) is 0.0936. The van der Waals surface area contributed by atoms with Gasteiger partial charge in [0.05, 0.1) is 0 Å². The van der Waals surface area contributed by atoms with Crippen LogP contribution in [0.25, 0.3) is 5.69 Å². The molecule has 0 aliphatic rings. The average Bonchev–Trinajstić information content (AvgIpc) is 2.30. The van der Waals surface area contributed by atoms with Crippen LogP contribution in [0.15, 0.2) is 53.6 Å². The molecule has 4 heteroatoms. The van der Waals surface area contributed by atoms with Crippen molar-refractivity contribution in [1.29, 1.82) is 0 Å². The highest BCUT2D eigenvalue weighted by atomic mass is 16.4. The zero-order chi connectivity index (χ0) is 11.5. The predicted molar refractivity (Wildman–Crippen MR) is 59.0 cm³/mol. The van der Waals surface area contributed by atoms with E-state index in [1.165, 1.54) is 12.3 Å². The predicted octanol–water partition coefficient (Wildman–Crippen LogP) is 1.54. The molecule has 0 saturated carbocycles. The van der Waals surface area contributed by atoms with Crippen LogP contribution in [-0.4, -0.2) is 15.6 Å². The Hall–Kier alpha value is -2.36. The molecule has 0 fully saturated rings. The van der Waals surface area contributed by atoms with Crippen LogP contribution in [0.1, 0.15) is 10.4 Å². The van der Waals surface area contributed by atoms with Crippen molar-refractivity contribution < 1.29 is 9.90 Å². The van der Waals surface area contributed by atoms with E-state index in [2.05, 4.69) is 0 Å². The number of para-hydroxylation sites is 1. The molecule has 2 aromatic rings. The van der Waals surface area contributed by atoms with Crippen LogP contribution < -0.4 is 5.43 Å². The van der Waals surface area contributed by atoms with E-state index in [4.69, 9.17) is 5.11 Å². The smallest absolute Gasteiger partial charge is 0.341 e. The Balaban J connectivity index is 2.57. The molecule has 80 valence electrons. The number of carbonyl (C=O) groups is 1. The van der Waals surface area contributed by atoms with E-state index in [1.54, 1.807) is 10.8 Å². The first kappa shape index (κ1) is 10.2. The van der Waals surface area contributed by atoms with Crippen LogP contribution in [0.5, 0.6) is 0 Å². The number of carboxylic acids is 1. The van der Waals surface area contributed by atoms with Gasteiger partial charge in [0.1, 0.15) is 5.56 Å².